The summed E-state index contributed by atoms with van der Waals surface area (Å²) in [5.74, 6) is 0.622. The Bertz CT molecular complexity index is 683. The van der Waals surface area contributed by atoms with Crippen molar-refractivity contribution in [3.05, 3.63) is 71.8 Å². The van der Waals surface area contributed by atoms with Gasteiger partial charge in [0, 0.05) is 14.1 Å². The van der Waals surface area contributed by atoms with Crippen molar-refractivity contribution in [3.63, 3.8) is 0 Å². The van der Waals surface area contributed by atoms with Crippen molar-refractivity contribution in [2.45, 2.75) is 19.5 Å². The van der Waals surface area contributed by atoms with Gasteiger partial charge in [-0.1, -0.05) is 60.7 Å². The van der Waals surface area contributed by atoms with E-state index in [9.17, 15) is 4.79 Å². The Morgan fingerprint density at radius 2 is 1.64 bits per heavy atom. The SMILES string of the molecule is CC(NC(=NCc1ccccc1)NCC(=O)N(C)C)c1ccccc1. The first-order valence-corrected chi connectivity index (χ1v) is 8.40. The molecule has 5 heteroatoms. The van der Waals surface area contributed by atoms with E-state index in [1.807, 2.05) is 48.5 Å². The molecular formula is C20H26N4O. The first kappa shape index (κ1) is 18.5. The highest BCUT2D eigenvalue weighted by Crippen LogP contribution is 2.11. The standard InChI is InChI=1S/C20H26N4O/c1-16(18-12-8-5-9-13-18)23-20(22-15-19(25)24(2)3)21-14-17-10-6-4-7-11-17/h4-13,16H,14-15H2,1-3H3,(H2,21,22,23). The van der Waals surface area contributed by atoms with Gasteiger partial charge in [-0.2, -0.15) is 0 Å². The van der Waals surface area contributed by atoms with Gasteiger partial charge in [0.05, 0.1) is 19.1 Å². The molecule has 1 unspecified atom stereocenters. The van der Waals surface area contributed by atoms with Crippen molar-refractivity contribution in [3.8, 4) is 0 Å². The van der Waals surface area contributed by atoms with Crippen molar-refractivity contribution in [2.75, 3.05) is 20.6 Å². The molecule has 1 atom stereocenters. The van der Waals surface area contributed by atoms with E-state index < -0.39 is 0 Å². The molecule has 0 aromatic heterocycles. The fourth-order valence-electron chi connectivity index (χ4n) is 2.25. The fraction of sp³-hybridized carbons (Fsp3) is 0.300. The summed E-state index contributed by atoms with van der Waals surface area (Å²) in [5.41, 5.74) is 2.28. The molecule has 0 fully saturated rings. The number of benzene rings is 2. The van der Waals surface area contributed by atoms with Crippen molar-refractivity contribution in [1.82, 2.24) is 15.5 Å². The Balaban J connectivity index is 2.06. The number of rotatable bonds is 6. The van der Waals surface area contributed by atoms with Gasteiger partial charge in [0.25, 0.3) is 0 Å². The molecular weight excluding hydrogens is 312 g/mol. The maximum Gasteiger partial charge on any atom is 0.241 e. The summed E-state index contributed by atoms with van der Waals surface area (Å²) in [6.07, 6.45) is 0. The molecule has 5 nitrogen and oxygen atoms in total. The zero-order chi connectivity index (χ0) is 18.1. The molecule has 0 aliphatic carbocycles. The lowest BCUT2D eigenvalue weighted by molar-refractivity contribution is -0.127. The summed E-state index contributed by atoms with van der Waals surface area (Å²) in [4.78, 5) is 18.0. The largest absolute Gasteiger partial charge is 0.350 e. The average Bonchev–Trinajstić information content (AvgIpc) is 2.65. The molecule has 2 N–H and O–H groups in total. The van der Waals surface area contributed by atoms with Crippen LogP contribution >= 0.6 is 0 Å². The highest BCUT2D eigenvalue weighted by atomic mass is 16.2. The lowest BCUT2D eigenvalue weighted by Gasteiger charge is -2.19. The lowest BCUT2D eigenvalue weighted by atomic mass is 10.1. The molecule has 2 rings (SSSR count). The van der Waals surface area contributed by atoms with Crippen LogP contribution in [-0.2, 0) is 11.3 Å². The van der Waals surface area contributed by atoms with E-state index in [2.05, 4.69) is 34.7 Å². The maximum absolute atomic E-state index is 11.9. The van der Waals surface area contributed by atoms with Crippen molar-refractivity contribution in [1.29, 1.82) is 0 Å². The Hall–Kier alpha value is -2.82. The second-order valence-electron chi connectivity index (χ2n) is 6.07. The van der Waals surface area contributed by atoms with Crippen LogP contribution in [0, 0.1) is 0 Å². The van der Waals surface area contributed by atoms with Crippen LogP contribution in [-0.4, -0.2) is 37.4 Å². The number of hydrogen-bond donors (Lipinski definition) is 2. The molecule has 0 aliphatic heterocycles. The minimum absolute atomic E-state index is 0.00146. The molecule has 0 spiro atoms. The minimum Gasteiger partial charge on any atom is -0.350 e. The Morgan fingerprint density at radius 3 is 2.24 bits per heavy atom. The smallest absolute Gasteiger partial charge is 0.241 e. The molecule has 2 aromatic carbocycles. The van der Waals surface area contributed by atoms with E-state index in [-0.39, 0.29) is 18.5 Å². The summed E-state index contributed by atoms with van der Waals surface area (Å²) in [7, 11) is 3.48. The molecule has 0 aliphatic rings. The van der Waals surface area contributed by atoms with E-state index >= 15 is 0 Å². The first-order chi connectivity index (χ1) is 12.1. The quantitative estimate of drug-likeness (QED) is 0.629. The van der Waals surface area contributed by atoms with Crippen LogP contribution in [0.2, 0.25) is 0 Å². The Kier molecular flexibility index (Phi) is 7.01. The number of hydrogen-bond acceptors (Lipinski definition) is 2. The normalized spacial score (nSPS) is 12.4. The predicted molar refractivity (Wildman–Crippen MR) is 102 cm³/mol. The highest BCUT2D eigenvalue weighted by molar-refractivity contribution is 5.86. The minimum atomic E-state index is 0.00146. The van der Waals surface area contributed by atoms with E-state index in [0.717, 1.165) is 11.1 Å². The second kappa shape index (κ2) is 9.47. The third-order valence-electron chi connectivity index (χ3n) is 3.82. The number of likely N-dealkylation sites (N-methyl/N-ethyl adjacent to an activating group) is 1. The monoisotopic (exact) mass is 338 g/mol. The average molecular weight is 338 g/mol. The van der Waals surface area contributed by atoms with Gasteiger partial charge in [-0.05, 0) is 18.1 Å². The van der Waals surface area contributed by atoms with Crippen molar-refractivity contribution < 1.29 is 4.79 Å². The summed E-state index contributed by atoms with van der Waals surface area (Å²) < 4.78 is 0. The number of carbonyl (C=O) groups is 1. The topological polar surface area (TPSA) is 56.7 Å². The summed E-state index contributed by atoms with van der Waals surface area (Å²) >= 11 is 0. The molecule has 0 bridgehead atoms. The number of aliphatic imine (C=N–C) groups is 1. The Morgan fingerprint density at radius 1 is 1.04 bits per heavy atom. The molecule has 1 amide bonds. The highest BCUT2D eigenvalue weighted by Gasteiger charge is 2.10. The molecule has 0 heterocycles. The summed E-state index contributed by atoms with van der Waals surface area (Å²) in [6.45, 7) is 2.83. The van der Waals surface area contributed by atoms with Crippen LogP contribution in [0.3, 0.4) is 0 Å². The van der Waals surface area contributed by atoms with Crippen LogP contribution in [0.15, 0.2) is 65.7 Å². The molecule has 132 valence electrons. The van der Waals surface area contributed by atoms with E-state index in [4.69, 9.17) is 0 Å². The molecule has 0 saturated carbocycles. The van der Waals surface area contributed by atoms with Crippen LogP contribution in [0.5, 0.6) is 0 Å². The Labute approximate surface area is 149 Å². The second-order valence-corrected chi connectivity index (χ2v) is 6.07. The van der Waals surface area contributed by atoms with Gasteiger partial charge in [0.15, 0.2) is 5.96 Å². The van der Waals surface area contributed by atoms with E-state index in [1.54, 1.807) is 19.0 Å². The predicted octanol–water partition coefficient (Wildman–Crippen LogP) is 2.57. The number of carbonyl (C=O) groups excluding carboxylic acids is 1. The van der Waals surface area contributed by atoms with Crippen LogP contribution < -0.4 is 10.6 Å². The third-order valence-corrected chi connectivity index (χ3v) is 3.82. The van der Waals surface area contributed by atoms with Crippen LogP contribution in [0.4, 0.5) is 0 Å². The molecule has 0 saturated heterocycles. The third kappa shape index (κ3) is 6.30. The van der Waals surface area contributed by atoms with E-state index in [1.165, 1.54) is 0 Å². The number of nitrogens with zero attached hydrogens (tertiary/aromatic N) is 2. The van der Waals surface area contributed by atoms with Gasteiger partial charge < -0.3 is 15.5 Å². The number of guanidine groups is 1. The summed E-state index contributed by atoms with van der Waals surface area (Å²) in [6, 6.07) is 20.3. The van der Waals surface area contributed by atoms with Gasteiger partial charge in [-0.25, -0.2) is 4.99 Å². The molecule has 0 radical (unpaired) electrons. The molecule has 2 aromatic rings. The maximum atomic E-state index is 11.9. The van der Waals surface area contributed by atoms with Crippen LogP contribution in [0.1, 0.15) is 24.1 Å². The van der Waals surface area contributed by atoms with E-state index in [0.29, 0.717) is 12.5 Å². The van der Waals surface area contributed by atoms with Gasteiger partial charge >= 0.3 is 0 Å². The van der Waals surface area contributed by atoms with Gasteiger partial charge in [0.2, 0.25) is 5.91 Å². The molecule has 25 heavy (non-hydrogen) atoms. The summed E-state index contributed by atoms with van der Waals surface area (Å²) in [5, 5.41) is 6.49. The van der Waals surface area contributed by atoms with Gasteiger partial charge in [-0.15, -0.1) is 0 Å². The van der Waals surface area contributed by atoms with Crippen molar-refractivity contribution in [2.24, 2.45) is 4.99 Å². The van der Waals surface area contributed by atoms with Gasteiger partial charge in [-0.3, -0.25) is 4.79 Å². The zero-order valence-electron chi connectivity index (χ0n) is 15.1. The number of amides is 1. The van der Waals surface area contributed by atoms with Crippen molar-refractivity contribution >= 4 is 11.9 Å². The zero-order valence-corrected chi connectivity index (χ0v) is 15.1. The number of nitrogens with one attached hydrogen (secondary N) is 2. The lowest BCUT2D eigenvalue weighted by Crippen LogP contribution is -2.43. The fourth-order valence-corrected chi connectivity index (χ4v) is 2.25. The van der Waals surface area contributed by atoms with Gasteiger partial charge in [0.1, 0.15) is 0 Å². The van der Waals surface area contributed by atoms with Crippen LogP contribution in [0.25, 0.3) is 0 Å². The first-order valence-electron chi connectivity index (χ1n) is 8.40.